The van der Waals surface area contributed by atoms with E-state index >= 15 is 0 Å². The van der Waals surface area contributed by atoms with Crippen molar-refractivity contribution in [1.82, 2.24) is 10.3 Å². The molecule has 0 aromatic carbocycles. The van der Waals surface area contributed by atoms with Gasteiger partial charge in [0, 0.05) is 19.3 Å². The summed E-state index contributed by atoms with van der Waals surface area (Å²) in [5.74, 6) is 0.000674. The number of amides is 1. The van der Waals surface area contributed by atoms with Crippen molar-refractivity contribution in [2.45, 2.75) is 39.5 Å². The minimum absolute atomic E-state index is 0.000674. The van der Waals surface area contributed by atoms with Gasteiger partial charge in [-0.15, -0.1) is 0 Å². The highest BCUT2D eigenvalue weighted by molar-refractivity contribution is 5.99. The number of anilines is 1. The van der Waals surface area contributed by atoms with Crippen molar-refractivity contribution in [3.05, 3.63) is 24.0 Å². The van der Waals surface area contributed by atoms with Gasteiger partial charge < -0.3 is 10.6 Å². The quantitative estimate of drug-likeness (QED) is 0.793. The first-order chi connectivity index (χ1) is 9.21. The number of carbonyl (C=O) groups is 1. The van der Waals surface area contributed by atoms with Crippen LogP contribution in [0.5, 0.6) is 0 Å². The molecule has 1 saturated carbocycles. The third-order valence-corrected chi connectivity index (χ3v) is 3.79. The van der Waals surface area contributed by atoms with Gasteiger partial charge in [0.2, 0.25) is 0 Å². The fourth-order valence-electron chi connectivity index (χ4n) is 2.51. The average molecular weight is 261 g/mol. The Balaban J connectivity index is 1.96. The molecule has 104 valence electrons. The summed E-state index contributed by atoms with van der Waals surface area (Å²) < 4.78 is 0. The lowest BCUT2D eigenvalue weighted by atomic mass is 10.0. The van der Waals surface area contributed by atoms with E-state index < -0.39 is 0 Å². The molecule has 0 atom stereocenters. The van der Waals surface area contributed by atoms with E-state index in [1.165, 1.54) is 25.7 Å². The van der Waals surface area contributed by atoms with Crippen LogP contribution in [0, 0.1) is 5.41 Å². The molecule has 4 heteroatoms. The Morgan fingerprint density at radius 3 is 2.84 bits per heavy atom. The van der Waals surface area contributed by atoms with Crippen molar-refractivity contribution in [3.63, 3.8) is 0 Å². The Morgan fingerprint density at radius 1 is 1.42 bits per heavy atom. The smallest absolute Gasteiger partial charge is 0.253 e. The summed E-state index contributed by atoms with van der Waals surface area (Å²) >= 11 is 0. The minimum atomic E-state index is 0.000674. The van der Waals surface area contributed by atoms with Gasteiger partial charge in [0.05, 0.1) is 17.4 Å². The van der Waals surface area contributed by atoms with Gasteiger partial charge in [0.25, 0.3) is 5.91 Å². The average Bonchev–Trinajstić information content (AvgIpc) is 3.18. The molecule has 0 radical (unpaired) electrons. The molecule has 2 rings (SSSR count). The maximum atomic E-state index is 12.2. The zero-order valence-corrected chi connectivity index (χ0v) is 11.8. The number of nitrogens with zero attached hydrogens (tertiary/aromatic N) is 1. The summed E-state index contributed by atoms with van der Waals surface area (Å²) in [7, 11) is 0. The van der Waals surface area contributed by atoms with Crippen molar-refractivity contribution in [2.24, 2.45) is 5.41 Å². The highest BCUT2D eigenvalue weighted by Gasteiger charge is 2.41. The van der Waals surface area contributed by atoms with Crippen molar-refractivity contribution in [2.75, 3.05) is 18.4 Å². The lowest BCUT2D eigenvalue weighted by Crippen LogP contribution is -2.30. The third-order valence-electron chi connectivity index (χ3n) is 3.79. The first-order valence-corrected chi connectivity index (χ1v) is 7.17. The number of hydrogen-bond donors (Lipinski definition) is 2. The van der Waals surface area contributed by atoms with Crippen LogP contribution in [0.15, 0.2) is 18.5 Å². The van der Waals surface area contributed by atoms with Crippen molar-refractivity contribution in [1.29, 1.82) is 0 Å². The monoisotopic (exact) mass is 261 g/mol. The van der Waals surface area contributed by atoms with Crippen molar-refractivity contribution in [3.8, 4) is 0 Å². The number of carbonyl (C=O) groups excluding carboxylic acids is 1. The van der Waals surface area contributed by atoms with Crippen LogP contribution in [0.4, 0.5) is 5.69 Å². The zero-order chi connectivity index (χ0) is 13.7. The van der Waals surface area contributed by atoms with E-state index in [-0.39, 0.29) is 5.91 Å². The second-order valence-electron chi connectivity index (χ2n) is 5.38. The van der Waals surface area contributed by atoms with Crippen LogP contribution in [-0.2, 0) is 0 Å². The molecular formula is C15H23N3O. The molecule has 4 nitrogen and oxygen atoms in total. The third kappa shape index (κ3) is 3.46. The molecule has 1 aliphatic carbocycles. The molecule has 1 aromatic heterocycles. The molecule has 0 bridgehead atoms. The number of pyridine rings is 1. The largest absolute Gasteiger partial charge is 0.383 e. The van der Waals surface area contributed by atoms with Crippen LogP contribution in [0.2, 0.25) is 0 Å². The lowest BCUT2D eigenvalue weighted by molar-refractivity contribution is 0.0944. The molecule has 2 N–H and O–H groups in total. The molecule has 1 aromatic rings. The topological polar surface area (TPSA) is 54.0 Å². The lowest BCUT2D eigenvalue weighted by Gasteiger charge is -2.16. The first kappa shape index (κ1) is 13.8. The number of nitrogens with one attached hydrogen (secondary N) is 2. The summed E-state index contributed by atoms with van der Waals surface area (Å²) in [6, 6.07) is 1.77. The first-order valence-electron chi connectivity index (χ1n) is 7.17. The van der Waals surface area contributed by atoms with Crippen LogP contribution in [0.3, 0.4) is 0 Å². The van der Waals surface area contributed by atoms with E-state index in [0.29, 0.717) is 11.0 Å². The van der Waals surface area contributed by atoms with E-state index in [1.807, 2.05) is 6.92 Å². The van der Waals surface area contributed by atoms with E-state index in [1.54, 1.807) is 18.5 Å². The molecule has 0 spiro atoms. The highest BCUT2D eigenvalue weighted by atomic mass is 16.1. The maximum Gasteiger partial charge on any atom is 0.253 e. The van der Waals surface area contributed by atoms with Crippen molar-refractivity contribution < 1.29 is 4.79 Å². The number of aromatic nitrogens is 1. The summed E-state index contributed by atoms with van der Waals surface area (Å²) in [5, 5.41) is 6.25. The fraction of sp³-hybridized carbons (Fsp3) is 0.600. The van der Waals surface area contributed by atoms with Gasteiger partial charge >= 0.3 is 0 Å². The Hall–Kier alpha value is -1.58. The van der Waals surface area contributed by atoms with Gasteiger partial charge in [-0.2, -0.15) is 0 Å². The SMILES string of the molecule is CCCC1(CNC(=O)c2ccncc2NCC)CC1. The Labute approximate surface area is 115 Å². The molecule has 0 aliphatic heterocycles. The molecule has 1 heterocycles. The normalized spacial score (nSPS) is 15.9. The number of rotatable bonds is 7. The Morgan fingerprint density at radius 2 is 2.21 bits per heavy atom. The van der Waals surface area contributed by atoms with Gasteiger partial charge in [0.1, 0.15) is 0 Å². The Bertz CT molecular complexity index is 441. The number of hydrogen-bond acceptors (Lipinski definition) is 3. The van der Waals surface area contributed by atoms with Crippen LogP contribution < -0.4 is 10.6 Å². The van der Waals surface area contributed by atoms with Gasteiger partial charge in [-0.1, -0.05) is 13.3 Å². The van der Waals surface area contributed by atoms with E-state index in [4.69, 9.17) is 0 Å². The highest BCUT2D eigenvalue weighted by Crippen LogP contribution is 2.48. The molecule has 0 saturated heterocycles. The van der Waals surface area contributed by atoms with Gasteiger partial charge in [0.15, 0.2) is 0 Å². The molecule has 1 amide bonds. The summed E-state index contributed by atoms with van der Waals surface area (Å²) in [6.45, 7) is 5.79. The molecule has 19 heavy (non-hydrogen) atoms. The molecule has 1 fully saturated rings. The van der Waals surface area contributed by atoms with Crippen LogP contribution >= 0.6 is 0 Å². The Kier molecular flexibility index (Phi) is 4.40. The van der Waals surface area contributed by atoms with Crippen LogP contribution in [0.1, 0.15) is 49.9 Å². The maximum absolute atomic E-state index is 12.2. The summed E-state index contributed by atoms with van der Waals surface area (Å²) in [6.07, 6.45) is 8.26. The van der Waals surface area contributed by atoms with Gasteiger partial charge in [-0.3, -0.25) is 9.78 Å². The standard InChI is InChI=1S/C15H23N3O/c1-3-6-15(7-8-15)11-18-14(19)12-5-9-16-10-13(12)17-4-2/h5,9-10,17H,3-4,6-8,11H2,1-2H3,(H,18,19). The van der Waals surface area contributed by atoms with Crippen molar-refractivity contribution >= 4 is 11.6 Å². The van der Waals surface area contributed by atoms with Gasteiger partial charge in [-0.25, -0.2) is 0 Å². The van der Waals surface area contributed by atoms with E-state index in [2.05, 4.69) is 22.5 Å². The molecular weight excluding hydrogens is 238 g/mol. The summed E-state index contributed by atoms with van der Waals surface area (Å²) in [4.78, 5) is 16.3. The van der Waals surface area contributed by atoms with E-state index in [9.17, 15) is 4.79 Å². The zero-order valence-electron chi connectivity index (χ0n) is 11.8. The predicted molar refractivity (Wildman–Crippen MR) is 77.3 cm³/mol. The van der Waals surface area contributed by atoms with Gasteiger partial charge in [-0.05, 0) is 37.7 Å². The molecule has 1 aliphatic rings. The minimum Gasteiger partial charge on any atom is -0.383 e. The van der Waals surface area contributed by atoms with E-state index in [0.717, 1.165) is 18.8 Å². The fourth-order valence-corrected chi connectivity index (χ4v) is 2.51. The predicted octanol–water partition coefficient (Wildman–Crippen LogP) is 2.82. The second kappa shape index (κ2) is 6.04. The molecule has 0 unspecified atom stereocenters. The summed E-state index contributed by atoms with van der Waals surface area (Å²) in [5.41, 5.74) is 1.88. The van der Waals surface area contributed by atoms with Crippen LogP contribution in [0.25, 0.3) is 0 Å². The second-order valence-corrected chi connectivity index (χ2v) is 5.38. The van der Waals surface area contributed by atoms with Crippen LogP contribution in [-0.4, -0.2) is 24.0 Å².